The Morgan fingerprint density at radius 2 is 2.03 bits per heavy atom. The third kappa shape index (κ3) is 4.94. The molecule has 0 radical (unpaired) electrons. The van der Waals surface area contributed by atoms with E-state index >= 15 is 0 Å². The van der Waals surface area contributed by atoms with E-state index in [-0.39, 0.29) is 27.4 Å². The van der Waals surface area contributed by atoms with Crippen LogP contribution in [0.5, 0.6) is 0 Å². The summed E-state index contributed by atoms with van der Waals surface area (Å²) in [6.07, 6.45) is -2.58. The molecule has 32 heavy (non-hydrogen) atoms. The highest BCUT2D eigenvalue weighted by atomic mass is 35.5. The molecule has 1 saturated heterocycles. The van der Waals surface area contributed by atoms with Crippen LogP contribution >= 0.6 is 11.6 Å². The molecule has 3 heterocycles. The van der Waals surface area contributed by atoms with E-state index in [4.69, 9.17) is 16.3 Å². The Labute approximate surface area is 184 Å². The number of fused-ring (bicyclic) bond motifs is 1. The summed E-state index contributed by atoms with van der Waals surface area (Å²) < 4.78 is 59.0. The van der Waals surface area contributed by atoms with Gasteiger partial charge in [0.15, 0.2) is 5.82 Å². The lowest BCUT2D eigenvalue weighted by Gasteiger charge is -2.19. The number of hydrogen-bond donors (Lipinski definition) is 1. The van der Waals surface area contributed by atoms with Crippen molar-refractivity contribution in [2.24, 2.45) is 0 Å². The maximum absolute atomic E-state index is 13.4. The number of nitrogens with zero attached hydrogens (tertiary/aromatic N) is 4. The minimum Gasteiger partial charge on any atom is -0.380 e. The Hall–Kier alpha value is -2.92. The van der Waals surface area contributed by atoms with Crippen LogP contribution in [0.4, 0.5) is 29.1 Å². The lowest BCUT2D eigenvalue weighted by Crippen LogP contribution is -2.33. The largest absolute Gasteiger partial charge is 0.408 e. The highest BCUT2D eigenvalue weighted by Gasteiger charge is 2.30. The van der Waals surface area contributed by atoms with Crippen molar-refractivity contribution in [1.29, 1.82) is 0 Å². The molecule has 3 aromatic rings. The molecule has 1 aliphatic heterocycles. The summed E-state index contributed by atoms with van der Waals surface area (Å²) in [7, 11) is 0. The lowest BCUT2D eigenvalue weighted by molar-refractivity contribution is -0.141. The summed E-state index contributed by atoms with van der Waals surface area (Å²) in [5.41, 5.74) is 0.432. The minimum absolute atomic E-state index is 0.0131. The molecule has 2 aromatic heterocycles. The Morgan fingerprint density at radius 1 is 1.22 bits per heavy atom. The smallest absolute Gasteiger partial charge is 0.380 e. The number of pyridine rings is 1. The normalized spacial score (nSPS) is 15.1. The van der Waals surface area contributed by atoms with Crippen LogP contribution in [-0.4, -0.2) is 58.1 Å². The fourth-order valence-corrected chi connectivity index (χ4v) is 3.57. The SMILES string of the molecule is O=C(c1cc2c(cn1)c(Nc1ccc(F)c(Cl)c1)nn2CC(F)(F)F)N1CCCOCC1. The van der Waals surface area contributed by atoms with Gasteiger partial charge in [-0.2, -0.15) is 18.3 Å². The molecule has 7 nitrogen and oxygen atoms in total. The van der Waals surface area contributed by atoms with Gasteiger partial charge in [0.2, 0.25) is 0 Å². The van der Waals surface area contributed by atoms with Crippen LogP contribution in [0.3, 0.4) is 0 Å². The highest BCUT2D eigenvalue weighted by Crippen LogP contribution is 2.30. The van der Waals surface area contributed by atoms with Gasteiger partial charge in [0, 0.05) is 31.6 Å². The van der Waals surface area contributed by atoms with Crippen LogP contribution in [-0.2, 0) is 11.3 Å². The third-order valence-electron chi connectivity index (χ3n) is 4.88. The fourth-order valence-electron chi connectivity index (χ4n) is 3.39. The highest BCUT2D eigenvalue weighted by molar-refractivity contribution is 6.31. The first kappa shape index (κ1) is 22.3. The molecule has 170 valence electrons. The van der Waals surface area contributed by atoms with Crippen molar-refractivity contribution in [3.8, 4) is 0 Å². The molecule has 1 fully saturated rings. The molecular formula is C20H18ClF4N5O2. The van der Waals surface area contributed by atoms with Crippen molar-refractivity contribution in [1.82, 2.24) is 19.7 Å². The van der Waals surface area contributed by atoms with Crippen molar-refractivity contribution in [2.75, 3.05) is 31.6 Å². The van der Waals surface area contributed by atoms with Crippen LogP contribution in [0.25, 0.3) is 10.9 Å². The quantitative estimate of drug-likeness (QED) is 0.571. The summed E-state index contributed by atoms with van der Waals surface area (Å²) in [6.45, 7) is 0.410. The number of carbonyl (C=O) groups is 1. The number of hydrogen-bond acceptors (Lipinski definition) is 5. The van der Waals surface area contributed by atoms with Crippen molar-refractivity contribution in [3.63, 3.8) is 0 Å². The van der Waals surface area contributed by atoms with Gasteiger partial charge in [-0.05, 0) is 30.7 Å². The third-order valence-corrected chi connectivity index (χ3v) is 5.17. The first-order chi connectivity index (χ1) is 15.2. The summed E-state index contributed by atoms with van der Waals surface area (Å²) in [4.78, 5) is 18.6. The van der Waals surface area contributed by atoms with Gasteiger partial charge in [-0.1, -0.05) is 11.6 Å². The molecular weight excluding hydrogens is 454 g/mol. The summed E-state index contributed by atoms with van der Waals surface area (Å²) >= 11 is 5.78. The Bertz CT molecular complexity index is 1140. The number of alkyl halides is 3. The monoisotopic (exact) mass is 471 g/mol. The van der Waals surface area contributed by atoms with E-state index in [0.29, 0.717) is 38.4 Å². The number of nitrogens with one attached hydrogen (secondary N) is 1. The summed E-state index contributed by atoms with van der Waals surface area (Å²) in [5, 5.41) is 6.97. The number of halogens is 5. The van der Waals surface area contributed by atoms with E-state index in [1.807, 2.05) is 0 Å². The second-order valence-electron chi connectivity index (χ2n) is 7.22. The minimum atomic E-state index is -4.54. The second-order valence-corrected chi connectivity index (χ2v) is 7.63. The number of aromatic nitrogens is 3. The number of amides is 1. The summed E-state index contributed by atoms with van der Waals surface area (Å²) in [5.74, 6) is -0.952. The molecule has 1 amide bonds. The van der Waals surface area contributed by atoms with E-state index in [2.05, 4.69) is 15.4 Å². The summed E-state index contributed by atoms with van der Waals surface area (Å²) in [6, 6.07) is 5.09. The van der Waals surface area contributed by atoms with Gasteiger partial charge in [0.25, 0.3) is 5.91 Å². The maximum atomic E-state index is 13.4. The van der Waals surface area contributed by atoms with Gasteiger partial charge in [-0.25, -0.2) is 4.39 Å². The van der Waals surface area contributed by atoms with E-state index < -0.39 is 24.4 Å². The molecule has 0 saturated carbocycles. The zero-order valence-corrected chi connectivity index (χ0v) is 17.4. The number of carbonyl (C=O) groups excluding carboxylic acids is 1. The van der Waals surface area contributed by atoms with Gasteiger partial charge >= 0.3 is 6.18 Å². The van der Waals surface area contributed by atoms with Crippen LogP contribution in [0.1, 0.15) is 16.9 Å². The molecule has 1 aromatic carbocycles. The van der Waals surface area contributed by atoms with Gasteiger partial charge in [0.05, 0.1) is 22.5 Å². The topological polar surface area (TPSA) is 72.3 Å². The van der Waals surface area contributed by atoms with E-state index in [1.165, 1.54) is 24.4 Å². The standard InChI is InChI=1S/C20H18ClF4N5O2/c21-14-8-12(2-3-15(14)22)27-18-13-10-26-16(19(31)29-4-1-6-32-7-5-29)9-17(13)30(28-18)11-20(23,24)25/h2-3,8-10H,1,4-7,11H2,(H,27,28). The molecule has 0 unspecified atom stereocenters. The molecule has 0 spiro atoms. The van der Waals surface area contributed by atoms with Gasteiger partial charge in [-0.3, -0.25) is 14.5 Å². The molecule has 1 N–H and O–H groups in total. The predicted molar refractivity (Wildman–Crippen MR) is 110 cm³/mol. The Kier molecular flexibility index (Phi) is 6.20. The van der Waals surface area contributed by atoms with E-state index in [9.17, 15) is 22.4 Å². The van der Waals surface area contributed by atoms with Crippen LogP contribution in [0, 0.1) is 5.82 Å². The van der Waals surface area contributed by atoms with Crippen LogP contribution < -0.4 is 5.32 Å². The fraction of sp³-hybridized carbons (Fsp3) is 0.350. The van der Waals surface area contributed by atoms with Gasteiger partial charge in [-0.15, -0.1) is 0 Å². The van der Waals surface area contributed by atoms with Crippen LogP contribution in [0.15, 0.2) is 30.5 Å². The molecule has 12 heteroatoms. The Morgan fingerprint density at radius 3 is 2.78 bits per heavy atom. The van der Waals surface area contributed by atoms with Crippen molar-refractivity contribution in [2.45, 2.75) is 19.1 Å². The number of anilines is 2. The average Bonchev–Trinajstić information content (AvgIpc) is 2.91. The molecule has 0 aliphatic carbocycles. The zero-order chi connectivity index (χ0) is 22.9. The van der Waals surface area contributed by atoms with E-state index in [0.717, 1.165) is 10.7 Å². The van der Waals surface area contributed by atoms with Crippen molar-refractivity contribution >= 4 is 39.9 Å². The first-order valence-electron chi connectivity index (χ1n) is 9.74. The molecule has 0 atom stereocenters. The van der Waals surface area contributed by atoms with Gasteiger partial charge < -0.3 is 15.0 Å². The van der Waals surface area contributed by atoms with Crippen LogP contribution in [0.2, 0.25) is 5.02 Å². The second kappa shape index (κ2) is 8.91. The number of rotatable bonds is 4. The van der Waals surface area contributed by atoms with Gasteiger partial charge in [0.1, 0.15) is 18.1 Å². The zero-order valence-electron chi connectivity index (χ0n) is 16.6. The lowest BCUT2D eigenvalue weighted by atomic mass is 10.2. The predicted octanol–water partition coefficient (Wildman–Crippen LogP) is 4.39. The maximum Gasteiger partial charge on any atom is 0.408 e. The average molecular weight is 472 g/mol. The molecule has 4 rings (SSSR count). The first-order valence-corrected chi connectivity index (χ1v) is 10.1. The van der Waals surface area contributed by atoms with Crippen molar-refractivity contribution in [3.05, 3.63) is 47.0 Å². The number of ether oxygens (including phenoxy) is 1. The number of benzene rings is 1. The molecule has 0 bridgehead atoms. The van der Waals surface area contributed by atoms with E-state index in [1.54, 1.807) is 4.90 Å². The molecule has 1 aliphatic rings. The van der Waals surface area contributed by atoms with Crippen molar-refractivity contribution < 1.29 is 27.1 Å². The Balaban J connectivity index is 1.72.